The first-order valence-electron chi connectivity index (χ1n) is 8.91. The van der Waals surface area contributed by atoms with E-state index in [-0.39, 0.29) is 10.8 Å². The number of sulfonamides is 1. The van der Waals surface area contributed by atoms with E-state index in [0.29, 0.717) is 17.1 Å². The van der Waals surface area contributed by atoms with Crippen molar-refractivity contribution in [3.8, 4) is 0 Å². The SMILES string of the molecule is C[C@H]1CCCC[C@H]1NC(=S)Nc1ccc(S(=O)(=O)Nc2ncccn2)cc1. The van der Waals surface area contributed by atoms with E-state index < -0.39 is 10.0 Å². The highest BCUT2D eigenvalue weighted by Gasteiger charge is 2.21. The van der Waals surface area contributed by atoms with Gasteiger partial charge in [0.25, 0.3) is 10.0 Å². The predicted octanol–water partition coefficient (Wildman–Crippen LogP) is 3.14. The molecule has 1 aromatic carbocycles. The molecule has 0 amide bonds. The van der Waals surface area contributed by atoms with Crippen LogP contribution < -0.4 is 15.4 Å². The number of anilines is 2. The highest BCUT2D eigenvalue weighted by atomic mass is 32.2. The molecule has 1 aliphatic rings. The topological polar surface area (TPSA) is 96.0 Å². The van der Waals surface area contributed by atoms with Crippen molar-refractivity contribution < 1.29 is 8.42 Å². The van der Waals surface area contributed by atoms with Crippen LogP contribution in [0.5, 0.6) is 0 Å². The monoisotopic (exact) mass is 405 g/mol. The molecule has 1 aliphatic carbocycles. The summed E-state index contributed by atoms with van der Waals surface area (Å²) in [6.45, 7) is 2.24. The summed E-state index contributed by atoms with van der Waals surface area (Å²) < 4.78 is 27.1. The van der Waals surface area contributed by atoms with E-state index in [1.54, 1.807) is 18.2 Å². The fourth-order valence-electron chi connectivity index (χ4n) is 3.11. The van der Waals surface area contributed by atoms with Gasteiger partial charge in [-0.25, -0.2) is 23.1 Å². The van der Waals surface area contributed by atoms with Gasteiger partial charge in [-0.15, -0.1) is 0 Å². The van der Waals surface area contributed by atoms with Crippen LogP contribution in [-0.4, -0.2) is 29.5 Å². The van der Waals surface area contributed by atoms with Gasteiger partial charge < -0.3 is 10.6 Å². The predicted molar refractivity (Wildman–Crippen MR) is 110 cm³/mol. The van der Waals surface area contributed by atoms with Crippen molar-refractivity contribution in [1.29, 1.82) is 0 Å². The Hall–Kier alpha value is -2.26. The molecule has 7 nitrogen and oxygen atoms in total. The molecule has 1 saturated carbocycles. The molecule has 0 radical (unpaired) electrons. The van der Waals surface area contributed by atoms with E-state index in [0.717, 1.165) is 12.1 Å². The fraction of sp³-hybridized carbons (Fsp3) is 0.389. The lowest BCUT2D eigenvalue weighted by molar-refractivity contribution is 0.309. The molecule has 1 heterocycles. The number of rotatable bonds is 5. The number of nitrogens with one attached hydrogen (secondary N) is 3. The lowest BCUT2D eigenvalue weighted by Crippen LogP contribution is -2.43. The third-order valence-corrected chi connectivity index (χ3v) is 6.21. The van der Waals surface area contributed by atoms with Gasteiger partial charge in [-0.3, -0.25) is 0 Å². The maximum Gasteiger partial charge on any atom is 0.264 e. The van der Waals surface area contributed by atoms with E-state index in [4.69, 9.17) is 12.2 Å². The van der Waals surface area contributed by atoms with Crippen LogP contribution in [0.2, 0.25) is 0 Å². The molecule has 0 spiro atoms. The molecule has 1 fully saturated rings. The maximum absolute atomic E-state index is 12.4. The first kappa shape index (κ1) is 19.5. The van der Waals surface area contributed by atoms with Crippen LogP contribution in [0, 0.1) is 5.92 Å². The molecule has 1 aromatic heterocycles. The molecule has 2 aromatic rings. The molecule has 3 rings (SSSR count). The fourth-order valence-corrected chi connectivity index (χ4v) is 4.34. The van der Waals surface area contributed by atoms with Gasteiger partial charge in [-0.05, 0) is 61.3 Å². The number of thiocarbonyl (C=S) groups is 1. The van der Waals surface area contributed by atoms with Crippen molar-refractivity contribution in [2.75, 3.05) is 10.0 Å². The van der Waals surface area contributed by atoms with Gasteiger partial charge >= 0.3 is 0 Å². The summed E-state index contributed by atoms with van der Waals surface area (Å²) in [5, 5.41) is 7.04. The molecule has 144 valence electrons. The summed E-state index contributed by atoms with van der Waals surface area (Å²) in [7, 11) is -3.74. The average molecular weight is 406 g/mol. The standard InChI is InChI=1S/C18H23N5O2S2/c1-13-5-2-3-6-16(13)22-18(26)21-14-7-9-15(10-8-14)27(24,25)23-17-19-11-4-12-20-17/h4,7-13,16H,2-3,5-6H2,1H3,(H,19,20,23)(H2,21,22,26)/t13-,16+/m0/s1. The number of benzene rings is 1. The molecule has 9 heteroatoms. The molecule has 0 unspecified atom stereocenters. The summed E-state index contributed by atoms with van der Waals surface area (Å²) in [6, 6.07) is 8.38. The highest BCUT2D eigenvalue weighted by Crippen LogP contribution is 2.24. The normalized spacial score (nSPS) is 19.9. The molecule has 3 N–H and O–H groups in total. The maximum atomic E-state index is 12.4. The number of aromatic nitrogens is 2. The Bertz CT molecular complexity index is 872. The summed E-state index contributed by atoms with van der Waals surface area (Å²) in [5.41, 5.74) is 0.728. The number of hydrogen-bond acceptors (Lipinski definition) is 5. The Labute approximate surface area is 165 Å². The summed E-state index contributed by atoms with van der Waals surface area (Å²) >= 11 is 5.39. The third kappa shape index (κ3) is 5.36. The van der Waals surface area contributed by atoms with E-state index in [1.165, 1.54) is 43.8 Å². The Morgan fingerprint density at radius 3 is 2.44 bits per heavy atom. The first-order valence-corrected chi connectivity index (χ1v) is 10.8. The number of hydrogen-bond donors (Lipinski definition) is 3. The first-order chi connectivity index (χ1) is 12.9. The van der Waals surface area contributed by atoms with Crippen molar-refractivity contribution in [2.45, 2.75) is 43.5 Å². The van der Waals surface area contributed by atoms with Crippen LogP contribution in [0.25, 0.3) is 0 Å². The summed E-state index contributed by atoms with van der Waals surface area (Å²) in [4.78, 5) is 7.86. The summed E-state index contributed by atoms with van der Waals surface area (Å²) in [5.74, 6) is 0.629. The van der Waals surface area contributed by atoms with Gasteiger partial charge in [-0.1, -0.05) is 19.8 Å². The lowest BCUT2D eigenvalue weighted by Gasteiger charge is -2.30. The number of nitrogens with zero attached hydrogens (tertiary/aromatic N) is 2. The molecule has 2 atom stereocenters. The molecule has 27 heavy (non-hydrogen) atoms. The minimum absolute atomic E-state index is 0.0340. The van der Waals surface area contributed by atoms with Gasteiger partial charge in [0.15, 0.2) is 5.11 Å². The zero-order valence-electron chi connectivity index (χ0n) is 15.1. The Balaban J connectivity index is 1.60. The second-order valence-electron chi connectivity index (χ2n) is 6.67. The van der Waals surface area contributed by atoms with Crippen LogP contribution in [0.1, 0.15) is 32.6 Å². The molecular formula is C18H23N5O2S2. The van der Waals surface area contributed by atoms with Gasteiger partial charge in [-0.2, -0.15) is 0 Å². The van der Waals surface area contributed by atoms with Gasteiger partial charge in [0.2, 0.25) is 5.95 Å². The Morgan fingerprint density at radius 1 is 1.11 bits per heavy atom. The Morgan fingerprint density at radius 2 is 1.78 bits per heavy atom. The van der Waals surface area contributed by atoms with E-state index in [2.05, 4.69) is 32.2 Å². The molecule has 0 aliphatic heterocycles. The van der Waals surface area contributed by atoms with Gasteiger partial charge in [0, 0.05) is 24.1 Å². The summed E-state index contributed by atoms with van der Waals surface area (Å²) in [6.07, 6.45) is 7.77. The second kappa shape index (κ2) is 8.62. The van der Waals surface area contributed by atoms with Crippen molar-refractivity contribution in [2.24, 2.45) is 5.92 Å². The van der Waals surface area contributed by atoms with Crippen LogP contribution in [0.15, 0.2) is 47.6 Å². The van der Waals surface area contributed by atoms with Crippen molar-refractivity contribution in [3.63, 3.8) is 0 Å². The van der Waals surface area contributed by atoms with Crippen LogP contribution in [-0.2, 0) is 10.0 Å². The van der Waals surface area contributed by atoms with Crippen LogP contribution in [0.4, 0.5) is 11.6 Å². The molecule has 0 saturated heterocycles. The van der Waals surface area contributed by atoms with E-state index in [9.17, 15) is 8.42 Å². The zero-order chi connectivity index (χ0) is 19.3. The average Bonchev–Trinajstić information content (AvgIpc) is 2.64. The van der Waals surface area contributed by atoms with Crippen molar-refractivity contribution in [1.82, 2.24) is 15.3 Å². The lowest BCUT2D eigenvalue weighted by atomic mass is 9.86. The van der Waals surface area contributed by atoms with Crippen molar-refractivity contribution >= 4 is 39.0 Å². The zero-order valence-corrected chi connectivity index (χ0v) is 16.7. The van der Waals surface area contributed by atoms with E-state index in [1.807, 2.05) is 0 Å². The second-order valence-corrected chi connectivity index (χ2v) is 8.76. The minimum Gasteiger partial charge on any atom is -0.359 e. The van der Waals surface area contributed by atoms with Gasteiger partial charge in [0.05, 0.1) is 4.90 Å². The van der Waals surface area contributed by atoms with Crippen LogP contribution >= 0.6 is 12.2 Å². The quantitative estimate of drug-likeness (QED) is 0.658. The van der Waals surface area contributed by atoms with Gasteiger partial charge in [0.1, 0.15) is 0 Å². The molecule has 0 bridgehead atoms. The molecular weight excluding hydrogens is 382 g/mol. The third-order valence-electron chi connectivity index (χ3n) is 4.64. The minimum atomic E-state index is -3.74. The van der Waals surface area contributed by atoms with Crippen molar-refractivity contribution in [3.05, 3.63) is 42.7 Å². The largest absolute Gasteiger partial charge is 0.359 e. The highest BCUT2D eigenvalue weighted by molar-refractivity contribution is 7.92. The van der Waals surface area contributed by atoms with Crippen LogP contribution in [0.3, 0.4) is 0 Å². The smallest absolute Gasteiger partial charge is 0.264 e. The van der Waals surface area contributed by atoms with E-state index >= 15 is 0 Å². The Kier molecular flexibility index (Phi) is 6.22.